The highest BCUT2D eigenvalue weighted by Crippen LogP contribution is 2.45. The van der Waals surface area contributed by atoms with Crippen LogP contribution in [-0.2, 0) is 22.4 Å². The van der Waals surface area contributed by atoms with Crippen LogP contribution in [0, 0.1) is 17.2 Å². The fraction of sp³-hybridized carbons (Fsp3) is 0.452. The lowest BCUT2D eigenvalue weighted by Crippen LogP contribution is -2.52. The van der Waals surface area contributed by atoms with Crippen LogP contribution in [0.2, 0.25) is 0 Å². The molecular weight excluding hydrogens is 462 g/mol. The average molecular weight is 498 g/mol. The van der Waals surface area contributed by atoms with Gasteiger partial charge in [-0.2, -0.15) is 5.26 Å². The van der Waals surface area contributed by atoms with E-state index in [-0.39, 0.29) is 29.7 Å². The lowest BCUT2D eigenvalue weighted by molar-refractivity contribution is -0.130. The zero-order valence-electron chi connectivity index (χ0n) is 21.9. The van der Waals surface area contributed by atoms with Crippen molar-refractivity contribution in [2.45, 2.75) is 83.0 Å². The van der Waals surface area contributed by atoms with Gasteiger partial charge in [0.2, 0.25) is 5.91 Å². The van der Waals surface area contributed by atoms with E-state index in [1.807, 2.05) is 62.1 Å². The normalized spacial score (nSPS) is 22.9. The van der Waals surface area contributed by atoms with Gasteiger partial charge in [-0.1, -0.05) is 42.5 Å². The Morgan fingerprint density at radius 2 is 1.89 bits per heavy atom. The lowest BCUT2D eigenvalue weighted by atomic mass is 9.96. The second-order valence-electron chi connectivity index (χ2n) is 11.6. The van der Waals surface area contributed by atoms with Crippen LogP contribution >= 0.6 is 0 Å². The zero-order valence-corrected chi connectivity index (χ0v) is 21.9. The molecule has 1 aliphatic heterocycles. The Bertz CT molecular complexity index is 1270. The van der Waals surface area contributed by atoms with Gasteiger partial charge in [-0.3, -0.25) is 9.59 Å². The molecule has 0 radical (unpaired) electrons. The molecule has 1 saturated heterocycles. The first-order valence-corrected chi connectivity index (χ1v) is 13.2. The molecule has 0 spiro atoms. The molecule has 5 rings (SSSR count). The molecule has 2 bridgehead atoms. The molecule has 2 fully saturated rings. The number of amides is 1. The number of nitrogens with zero attached hydrogens (tertiary/aromatic N) is 2. The van der Waals surface area contributed by atoms with Crippen molar-refractivity contribution in [3.05, 3.63) is 71.6 Å². The predicted octanol–water partition coefficient (Wildman–Crippen LogP) is 5.17. The molecule has 1 amide bonds. The summed E-state index contributed by atoms with van der Waals surface area (Å²) in [6, 6.07) is 15.7. The maximum Gasteiger partial charge on any atom is 0.244 e. The molecular formula is C31H35N3O3. The largest absolute Gasteiger partial charge is 0.474 e. The molecule has 4 atom stereocenters. The van der Waals surface area contributed by atoms with E-state index in [4.69, 9.17) is 4.74 Å². The number of Topliss-reactive ketones (excluding diaryl/α,β-unsaturated/α-hetero) is 1. The third-order valence-corrected chi connectivity index (χ3v) is 7.79. The van der Waals surface area contributed by atoms with Crippen LogP contribution in [0.1, 0.15) is 67.9 Å². The Labute approximate surface area is 219 Å². The van der Waals surface area contributed by atoms with E-state index in [0.29, 0.717) is 18.7 Å². The first-order valence-electron chi connectivity index (χ1n) is 13.2. The number of carbonyl (C=O) groups is 2. The maximum atomic E-state index is 13.4. The number of nitriles is 1. The number of benzene rings is 2. The standard InChI is InChI=1S/C31H35N3O3/c1-19(37-31(2,3)4)34-26-12-9-24(17-26)29(34)30(36)33-25(18-32)15-20-5-7-21(8-6-20)22-10-13-27-23(16-22)11-14-28(27)35/h5-8,10,13,16,24-26,29H,1,9,11-12,14-15,17H2,2-4H3,(H,33,36)/t24-,25-,26+,29-/m0/s1. The minimum atomic E-state index is -0.623. The number of ether oxygens (including phenoxy) is 1. The van der Waals surface area contributed by atoms with Crippen LogP contribution in [0.4, 0.5) is 0 Å². The zero-order chi connectivity index (χ0) is 26.3. The second-order valence-corrected chi connectivity index (χ2v) is 11.6. The Morgan fingerprint density at radius 1 is 1.16 bits per heavy atom. The SMILES string of the molecule is C=C(OC(C)(C)C)N1[C@@H]2CC[C@@H](C2)[C@H]1C(=O)N[C@H](C#N)Cc1ccc(-c2ccc3c(c2)CCC3=O)cc1. The van der Waals surface area contributed by atoms with Crippen molar-refractivity contribution in [2.75, 3.05) is 0 Å². The molecule has 37 heavy (non-hydrogen) atoms. The van der Waals surface area contributed by atoms with E-state index < -0.39 is 11.6 Å². The molecule has 6 nitrogen and oxygen atoms in total. The van der Waals surface area contributed by atoms with Gasteiger partial charge >= 0.3 is 0 Å². The third-order valence-electron chi connectivity index (χ3n) is 7.79. The van der Waals surface area contributed by atoms with Crippen molar-refractivity contribution in [3.8, 4) is 17.2 Å². The predicted molar refractivity (Wildman–Crippen MR) is 143 cm³/mol. The van der Waals surface area contributed by atoms with E-state index in [9.17, 15) is 14.9 Å². The summed E-state index contributed by atoms with van der Waals surface area (Å²) in [5, 5.41) is 12.8. The molecule has 192 valence electrons. The van der Waals surface area contributed by atoms with Crippen LogP contribution in [0.15, 0.2) is 54.9 Å². The van der Waals surface area contributed by atoms with Crippen LogP contribution in [0.25, 0.3) is 11.1 Å². The molecule has 0 unspecified atom stereocenters. The van der Waals surface area contributed by atoms with Crippen molar-refractivity contribution >= 4 is 11.7 Å². The molecule has 3 aliphatic rings. The first-order chi connectivity index (χ1) is 17.6. The Hall–Kier alpha value is -3.59. The summed E-state index contributed by atoms with van der Waals surface area (Å²) < 4.78 is 6.03. The number of hydrogen-bond acceptors (Lipinski definition) is 5. The number of piperidine rings is 1. The molecule has 1 heterocycles. The highest BCUT2D eigenvalue weighted by atomic mass is 16.5. The number of aryl methyl sites for hydroxylation is 1. The van der Waals surface area contributed by atoms with Crippen molar-refractivity contribution in [1.29, 1.82) is 5.26 Å². The number of ketones is 1. The molecule has 1 saturated carbocycles. The minimum Gasteiger partial charge on any atom is -0.474 e. The van der Waals surface area contributed by atoms with Crippen LogP contribution in [-0.4, -0.2) is 40.3 Å². The number of nitrogens with one attached hydrogen (secondary N) is 1. The van der Waals surface area contributed by atoms with Gasteiger partial charge in [0.1, 0.15) is 17.7 Å². The summed E-state index contributed by atoms with van der Waals surface area (Å²) in [5.74, 6) is 0.897. The van der Waals surface area contributed by atoms with Crippen molar-refractivity contribution in [2.24, 2.45) is 5.92 Å². The summed E-state index contributed by atoms with van der Waals surface area (Å²) in [5.41, 5.74) is 4.70. The topological polar surface area (TPSA) is 82.4 Å². The van der Waals surface area contributed by atoms with Crippen molar-refractivity contribution < 1.29 is 14.3 Å². The van der Waals surface area contributed by atoms with Crippen LogP contribution < -0.4 is 5.32 Å². The van der Waals surface area contributed by atoms with Gasteiger partial charge in [-0.25, -0.2) is 0 Å². The number of carbonyl (C=O) groups excluding carboxylic acids is 2. The van der Waals surface area contributed by atoms with E-state index in [1.165, 1.54) is 0 Å². The highest BCUT2D eigenvalue weighted by molar-refractivity contribution is 6.01. The minimum absolute atomic E-state index is 0.123. The first kappa shape index (κ1) is 25.1. The van der Waals surface area contributed by atoms with Gasteiger partial charge in [-0.15, -0.1) is 0 Å². The fourth-order valence-electron chi connectivity index (χ4n) is 6.18. The highest BCUT2D eigenvalue weighted by Gasteiger charge is 2.50. The monoisotopic (exact) mass is 497 g/mol. The van der Waals surface area contributed by atoms with E-state index in [1.54, 1.807) is 0 Å². The molecule has 6 heteroatoms. The fourth-order valence-corrected chi connectivity index (χ4v) is 6.18. The molecule has 2 aromatic carbocycles. The van der Waals surface area contributed by atoms with Crippen molar-refractivity contribution in [1.82, 2.24) is 10.2 Å². The van der Waals surface area contributed by atoms with Crippen LogP contribution in [0.5, 0.6) is 0 Å². The lowest BCUT2D eigenvalue weighted by Gasteiger charge is -2.39. The Kier molecular flexibility index (Phi) is 6.58. The van der Waals surface area contributed by atoms with Gasteiger partial charge in [0.25, 0.3) is 0 Å². The quantitative estimate of drug-likeness (QED) is 0.534. The summed E-state index contributed by atoms with van der Waals surface area (Å²) in [6.07, 6.45) is 4.84. The Morgan fingerprint density at radius 3 is 2.59 bits per heavy atom. The van der Waals surface area contributed by atoms with Gasteiger partial charge in [0.15, 0.2) is 11.7 Å². The van der Waals surface area contributed by atoms with E-state index in [0.717, 1.165) is 53.5 Å². The van der Waals surface area contributed by atoms with Gasteiger partial charge < -0.3 is 15.0 Å². The smallest absolute Gasteiger partial charge is 0.244 e. The molecule has 2 aliphatic carbocycles. The van der Waals surface area contributed by atoms with E-state index >= 15 is 0 Å². The number of fused-ring (bicyclic) bond motifs is 3. The summed E-state index contributed by atoms with van der Waals surface area (Å²) in [6.45, 7) is 10.1. The average Bonchev–Trinajstić information content (AvgIpc) is 3.57. The maximum absolute atomic E-state index is 13.4. The van der Waals surface area contributed by atoms with E-state index in [2.05, 4.69) is 24.0 Å². The molecule has 2 aromatic rings. The second kappa shape index (κ2) is 9.70. The Balaban J connectivity index is 1.24. The van der Waals surface area contributed by atoms with Gasteiger partial charge in [0.05, 0.1) is 6.07 Å². The number of likely N-dealkylation sites (tertiary alicyclic amines) is 1. The van der Waals surface area contributed by atoms with Crippen LogP contribution in [0.3, 0.4) is 0 Å². The molecule has 1 N–H and O–H groups in total. The van der Waals surface area contributed by atoms with Crippen molar-refractivity contribution in [3.63, 3.8) is 0 Å². The number of rotatable bonds is 7. The summed E-state index contributed by atoms with van der Waals surface area (Å²) >= 11 is 0. The third kappa shape index (κ3) is 5.13. The number of hydrogen-bond donors (Lipinski definition) is 1. The van der Waals surface area contributed by atoms with Gasteiger partial charge in [0, 0.05) is 24.4 Å². The summed E-state index contributed by atoms with van der Waals surface area (Å²) in [7, 11) is 0. The van der Waals surface area contributed by atoms with Gasteiger partial charge in [-0.05, 0) is 81.2 Å². The molecule has 0 aromatic heterocycles. The summed E-state index contributed by atoms with van der Waals surface area (Å²) in [4.78, 5) is 27.4.